The fraction of sp³-hybridized carbons (Fsp3) is 0.769. The van der Waals surface area contributed by atoms with Gasteiger partial charge in [-0.25, -0.2) is 0 Å². The lowest BCUT2D eigenvalue weighted by Crippen LogP contribution is -2.24. The SMILES string of the molecule is CCCCC=C1CCC(CN(C)C)C1=O.Cl. The second-order valence-corrected chi connectivity index (χ2v) is 4.73. The van der Waals surface area contributed by atoms with Crippen LogP contribution in [-0.2, 0) is 4.79 Å². The van der Waals surface area contributed by atoms with Gasteiger partial charge in [-0.1, -0.05) is 25.8 Å². The maximum absolute atomic E-state index is 11.9. The number of halogens is 1. The minimum atomic E-state index is 0. The van der Waals surface area contributed by atoms with Gasteiger partial charge in [0, 0.05) is 12.5 Å². The first-order valence-corrected chi connectivity index (χ1v) is 6.03. The Labute approximate surface area is 105 Å². The molecule has 0 aromatic carbocycles. The number of carbonyl (C=O) groups excluding carboxylic acids is 1. The molecule has 1 rings (SSSR count). The Hall–Kier alpha value is -0.340. The van der Waals surface area contributed by atoms with Gasteiger partial charge in [0.2, 0.25) is 0 Å². The summed E-state index contributed by atoms with van der Waals surface area (Å²) in [6, 6.07) is 0. The van der Waals surface area contributed by atoms with E-state index in [9.17, 15) is 4.79 Å². The molecule has 0 aromatic heterocycles. The zero-order valence-corrected chi connectivity index (χ0v) is 11.5. The van der Waals surface area contributed by atoms with Crippen LogP contribution in [0.5, 0.6) is 0 Å². The van der Waals surface area contributed by atoms with E-state index in [4.69, 9.17) is 0 Å². The molecule has 0 amide bonds. The highest BCUT2D eigenvalue weighted by molar-refractivity contribution is 5.99. The number of rotatable bonds is 5. The van der Waals surface area contributed by atoms with Gasteiger partial charge in [0.05, 0.1) is 0 Å². The van der Waals surface area contributed by atoms with E-state index in [0.717, 1.165) is 31.4 Å². The molecule has 0 N–H and O–H groups in total. The van der Waals surface area contributed by atoms with Crippen molar-refractivity contribution in [2.75, 3.05) is 20.6 Å². The van der Waals surface area contributed by atoms with Crippen molar-refractivity contribution in [3.8, 4) is 0 Å². The van der Waals surface area contributed by atoms with Gasteiger partial charge in [-0.15, -0.1) is 12.4 Å². The number of ketones is 1. The van der Waals surface area contributed by atoms with E-state index in [0.29, 0.717) is 5.78 Å². The van der Waals surface area contributed by atoms with Crippen LogP contribution in [0.1, 0.15) is 39.0 Å². The fourth-order valence-corrected chi connectivity index (χ4v) is 2.14. The second-order valence-electron chi connectivity index (χ2n) is 4.73. The number of carbonyl (C=O) groups is 1. The second kappa shape index (κ2) is 7.86. The van der Waals surface area contributed by atoms with E-state index >= 15 is 0 Å². The molecule has 0 aliphatic heterocycles. The fourth-order valence-electron chi connectivity index (χ4n) is 2.14. The summed E-state index contributed by atoms with van der Waals surface area (Å²) in [5.74, 6) is 0.660. The van der Waals surface area contributed by atoms with Crippen molar-refractivity contribution in [1.29, 1.82) is 0 Å². The number of Topliss-reactive ketones (excluding diaryl/α,β-unsaturated/α-hetero) is 1. The molecular formula is C13H24ClNO. The third-order valence-electron chi connectivity index (χ3n) is 2.98. The lowest BCUT2D eigenvalue weighted by molar-refractivity contribution is -0.118. The third-order valence-corrected chi connectivity index (χ3v) is 2.98. The predicted octanol–water partition coefficient (Wildman–Crippen LogP) is 3.07. The molecule has 3 heteroatoms. The van der Waals surface area contributed by atoms with E-state index in [1.807, 2.05) is 14.1 Å². The molecule has 1 saturated carbocycles. The number of nitrogens with zero attached hydrogens (tertiary/aromatic N) is 1. The van der Waals surface area contributed by atoms with Crippen LogP contribution >= 0.6 is 12.4 Å². The lowest BCUT2D eigenvalue weighted by Gasteiger charge is -2.13. The van der Waals surface area contributed by atoms with Gasteiger partial charge in [0.1, 0.15) is 0 Å². The number of unbranched alkanes of at least 4 members (excludes halogenated alkanes) is 2. The van der Waals surface area contributed by atoms with Gasteiger partial charge in [-0.05, 0) is 38.9 Å². The average molecular weight is 246 g/mol. The predicted molar refractivity (Wildman–Crippen MR) is 71.1 cm³/mol. The highest BCUT2D eigenvalue weighted by Crippen LogP contribution is 2.27. The smallest absolute Gasteiger partial charge is 0.162 e. The quantitative estimate of drug-likeness (QED) is 0.548. The summed E-state index contributed by atoms with van der Waals surface area (Å²) in [6.07, 6.45) is 7.71. The van der Waals surface area contributed by atoms with Crippen LogP contribution in [0.4, 0.5) is 0 Å². The third kappa shape index (κ3) is 4.67. The Morgan fingerprint density at radius 3 is 2.69 bits per heavy atom. The van der Waals surface area contributed by atoms with Crippen molar-refractivity contribution in [2.24, 2.45) is 5.92 Å². The Morgan fingerprint density at radius 1 is 1.44 bits per heavy atom. The Morgan fingerprint density at radius 2 is 2.12 bits per heavy atom. The van der Waals surface area contributed by atoms with Gasteiger partial charge in [0.25, 0.3) is 0 Å². The highest BCUT2D eigenvalue weighted by atomic mass is 35.5. The molecule has 1 unspecified atom stereocenters. The van der Waals surface area contributed by atoms with E-state index in [2.05, 4.69) is 17.9 Å². The Kier molecular flexibility index (Phi) is 7.69. The maximum Gasteiger partial charge on any atom is 0.162 e. The van der Waals surface area contributed by atoms with E-state index in [-0.39, 0.29) is 18.3 Å². The van der Waals surface area contributed by atoms with Crippen molar-refractivity contribution >= 4 is 18.2 Å². The van der Waals surface area contributed by atoms with Crippen LogP contribution in [0.15, 0.2) is 11.6 Å². The molecule has 0 aromatic rings. The molecule has 1 aliphatic carbocycles. The first-order chi connectivity index (χ1) is 7.15. The molecule has 0 bridgehead atoms. The molecule has 0 saturated heterocycles. The van der Waals surface area contributed by atoms with E-state index < -0.39 is 0 Å². The minimum Gasteiger partial charge on any atom is -0.309 e. The molecule has 0 spiro atoms. The van der Waals surface area contributed by atoms with Crippen LogP contribution in [0.3, 0.4) is 0 Å². The molecule has 1 fully saturated rings. The van der Waals surface area contributed by atoms with Crippen molar-refractivity contribution in [2.45, 2.75) is 39.0 Å². The number of allylic oxidation sites excluding steroid dienone is 2. The molecule has 94 valence electrons. The molecule has 16 heavy (non-hydrogen) atoms. The summed E-state index contributed by atoms with van der Waals surface area (Å²) >= 11 is 0. The lowest BCUT2D eigenvalue weighted by atomic mass is 10.1. The van der Waals surface area contributed by atoms with Crippen molar-refractivity contribution in [3.05, 3.63) is 11.6 Å². The molecule has 0 heterocycles. The summed E-state index contributed by atoms with van der Waals surface area (Å²) in [5, 5.41) is 0. The van der Waals surface area contributed by atoms with Gasteiger partial charge >= 0.3 is 0 Å². The number of hydrogen-bond donors (Lipinski definition) is 0. The van der Waals surface area contributed by atoms with Crippen molar-refractivity contribution < 1.29 is 4.79 Å². The maximum atomic E-state index is 11.9. The summed E-state index contributed by atoms with van der Waals surface area (Å²) in [6.45, 7) is 3.09. The topological polar surface area (TPSA) is 20.3 Å². The van der Waals surface area contributed by atoms with Crippen LogP contribution in [0.25, 0.3) is 0 Å². The van der Waals surface area contributed by atoms with Crippen molar-refractivity contribution in [1.82, 2.24) is 4.90 Å². The monoisotopic (exact) mass is 245 g/mol. The highest BCUT2D eigenvalue weighted by Gasteiger charge is 2.28. The molecule has 1 aliphatic rings. The molecule has 2 nitrogen and oxygen atoms in total. The van der Waals surface area contributed by atoms with Crippen molar-refractivity contribution in [3.63, 3.8) is 0 Å². The summed E-state index contributed by atoms with van der Waals surface area (Å²) in [5.41, 5.74) is 1.09. The largest absolute Gasteiger partial charge is 0.309 e. The Balaban J connectivity index is 0.00000225. The normalized spacial score (nSPS) is 22.9. The van der Waals surface area contributed by atoms with Gasteiger partial charge in [0.15, 0.2) is 5.78 Å². The average Bonchev–Trinajstić information content (AvgIpc) is 2.49. The summed E-state index contributed by atoms with van der Waals surface area (Å²) in [7, 11) is 4.07. The van der Waals surface area contributed by atoms with E-state index in [1.165, 1.54) is 12.8 Å². The standard InChI is InChI=1S/C13H23NO.ClH/c1-4-5-6-7-11-8-9-12(13(11)15)10-14(2)3;/h7,12H,4-6,8-10H2,1-3H3;1H. The zero-order chi connectivity index (χ0) is 11.3. The first-order valence-electron chi connectivity index (χ1n) is 6.03. The van der Waals surface area contributed by atoms with Gasteiger partial charge in [-0.3, -0.25) is 4.79 Å². The van der Waals surface area contributed by atoms with E-state index in [1.54, 1.807) is 0 Å². The zero-order valence-electron chi connectivity index (χ0n) is 10.7. The summed E-state index contributed by atoms with van der Waals surface area (Å²) in [4.78, 5) is 14.0. The van der Waals surface area contributed by atoms with Gasteiger partial charge < -0.3 is 4.90 Å². The van der Waals surface area contributed by atoms with Crippen LogP contribution in [0.2, 0.25) is 0 Å². The van der Waals surface area contributed by atoms with Crippen LogP contribution in [0, 0.1) is 5.92 Å². The van der Waals surface area contributed by atoms with Gasteiger partial charge in [-0.2, -0.15) is 0 Å². The summed E-state index contributed by atoms with van der Waals surface area (Å²) < 4.78 is 0. The molecular weight excluding hydrogens is 222 g/mol. The molecule has 0 radical (unpaired) electrons. The van der Waals surface area contributed by atoms with Crippen LogP contribution < -0.4 is 0 Å². The van der Waals surface area contributed by atoms with Crippen LogP contribution in [-0.4, -0.2) is 31.3 Å². The number of hydrogen-bond acceptors (Lipinski definition) is 2. The Bertz CT molecular complexity index is 248. The molecule has 1 atom stereocenters. The first kappa shape index (κ1) is 15.7. The minimum absolute atomic E-state index is 0.